The van der Waals surface area contributed by atoms with Crippen molar-refractivity contribution in [2.24, 2.45) is 0 Å². The van der Waals surface area contributed by atoms with E-state index in [9.17, 15) is 0 Å². The van der Waals surface area contributed by atoms with E-state index in [1.165, 1.54) is 44.5 Å². The second-order valence-corrected chi connectivity index (χ2v) is 26.1. The summed E-state index contributed by atoms with van der Waals surface area (Å²) in [4.78, 5) is 0. The van der Waals surface area contributed by atoms with E-state index < -0.39 is 14.0 Å². The predicted octanol–water partition coefficient (Wildman–Crippen LogP) is 7.65. The predicted molar refractivity (Wildman–Crippen MR) is 170 cm³/mol. The molecule has 0 saturated carbocycles. The van der Waals surface area contributed by atoms with Crippen molar-refractivity contribution in [2.75, 3.05) is 0 Å². The molecule has 4 aromatic carbocycles. The van der Waals surface area contributed by atoms with Gasteiger partial charge in [-0.1, -0.05) is 0 Å². The van der Waals surface area contributed by atoms with Gasteiger partial charge in [0.25, 0.3) is 0 Å². The Morgan fingerprint density at radius 3 is 1.24 bits per heavy atom. The summed E-state index contributed by atoms with van der Waals surface area (Å²) in [5.74, 6) is 0. The van der Waals surface area contributed by atoms with Crippen LogP contribution in [0.15, 0.2) is 108 Å². The number of benzene rings is 4. The maximum atomic E-state index is 2.50. The second-order valence-electron chi connectivity index (χ2n) is 11.2. The molecule has 194 valence electrons. The average Bonchev–Trinajstić information content (AvgIpc) is 3.43. The summed E-state index contributed by atoms with van der Waals surface area (Å²) >= 11 is -4.04. The Bertz CT molecular complexity index is 1510. The quantitative estimate of drug-likeness (QED) is 0.214. The molecule has 4 aromatic rings. The van der Waals surface area contributed by atoms with Crippen molar-refractivity contribution in [3.63, 3.8) is 0 Å². The van der Waals surface area contributed by atoms with E-state index in [0.29, 0.717) is 8.45 Å². The van der Waals surface area contributed by atoms with Crippen LogP contribution in [0.3, 0.4) is 0 Å². The van der Waals surface area contributed by atoms with Crippen LogP contribution in [0.1, 0.15) is 55.7 Å². The summed E-state index contributed by atoms with van der Waals surface area (Å²) < 4.78 is 3.91. The Balaban J connectivity index is 0.00000168. The molecule has 0 aromatic heterocycles. The summed E-state index contributed by atoms with van der Waals surface area (Å²) in [6.45, 7) is 9.35. The van der Waals surface area contributed by atoms with Crippen molar-refractivity contribution in [3.05, 3.63) is 142 Å². The van der Waals surface area contributed by atoms with Crippen LogP contribution in [0.5, 0.6) is 0 Å². The van der Waals surface area contributed by atoms with Crippen molar-refractivity contribution in [1.82, 2.24) is 0 Å². The van der Waals surface area contributed by atoms with Gasteiger partial charge in [-0.2, -0.15) is 0 Å². The van der Waals surface area contributed by atoms with Crippen LogP contribution in [0, 0.1) is 13.8 Å². The minimum absolute atomic E-state index is 0. The molecular weight excluding hydrogens is 555 g/mol. The summed E-state index contributed by atoms with van der Waals surface area (Å²) in [5.41, 5.74) is 11.8. The Kier molecular flexibility index (Phi) is 7.94. The van der Waals surface area contributed by atoms with Crippen molar-refractivity contribution in [1.29, 1.82) is 0 Å². The maximum Gasteiger partial charge on any atom is -0.147 e. The van der Waals surface area contributed by atoms with Gasteiger partial charge in [-0.05, 0) is 0 Å². The van der Waals surface area contributed by atoms with Crippen molar-refractivity contribution in [3.8, 4) is 0 Å². The molecule has 0 amide bonds. The van der Waals surface area contributed by atoms with Crippen LogP contribution in [0.2, 0.25) is 0 Å². The molecule has 0 fully saturated rings. The Labute approximate surface area is 242 Å². The molecule has 0 spiro atoms. The van der Waals surface area contributed by atoms with Crippen LogP contribution < -0.4 is 7.74 Å². The first-order chi connectivity index (χ1) is 17.4. The zero-order chi connectivity index (χ0) is 25.1. The van der Waals surface area contributed by atoms with E-state index in [2.05, 4.69) is 145 Å². The van der Waals surface area contributed by atoms with Gasteiger partial charge in [0.15, 0.2) is 0 Å². The molecule has 4 heteroatoms. The minimum atomic E-state index is -4.04. The first-order valence-corrected chi connectivity index (χ1v) is 20.4. The molecule has 2 aliphatic carbocycles. The third-order valence-electron chi connectivity index (χ3n) is 9.22. The fourth-order valence-corrected chi connectivity index (χ4v) is 26.9. The molecule has 0 saturated heterocycles. The molecule has 0 bridgehead atoms. The molecule has 38 heavy (non-hydrogen) atoms. The fraction of sp³-hybridized carbons (Fsp3) is 0.176. The van der Waals surface area contributed by atoms with Crippen molar-refractivity contribution in [2.45, 2.75) is 36.1 Å². The summed E-state index contributed by atoms with van der Waals surface area (Å²) in [6.07, 6.45) is 5.01. The maximum absolute atomic E-state index is 4.04. The zero-order valence-corrected chi connectivity index (χ0v) is 27.2. The van der Waals surface area contributed by atoms with Crippen LogP contribution >= 0.6 is 24.8 Å². The van der Waals surface area contributed by atoms with E-state index in [1.807, 2.05) is 0 Å². The third-order valence-corrected chi connectivity index (χ3v) is 27.8. The first kappa shape index (κ1) is 28.9. The van der Waals surface area contributed by atoms with Gasteiger partial charge in [0, 0.05) is 0 Å². The standard InChI is InChI=1S/2C11H11.2C6H5.2ClH.H2Si.Ti/c2*1-8-6-10-5-3-4-9(2)11(10)7-8;2*1-2-4-6-5-3-1;;;;/h2*3-7H,1-2H3;2*1-5H;2*1H;1H2;. The van der Waals surface area contributed by atoms with Gasteiger partial charge in [0.05, 0.1) is 0 Å². The summed E-state index contributed by atoms with van der Waals surface area (Å²) in [5, 5.41) is 0. The Morgan fingerprint density at radius 1 is 0.500 bits per heavy atom. The number of allylic oxidation sites excluding steroid dienone is 2. The van der Waals surface area contributed by atoms with E-state index in [-0.39, 0.29) is 24.8 Å². The fourth-order valence-electron chi connectivity index (χ4n) is 7.83. The van der Waals surface area contributed by atoms with E-state index in [1.54, 1.807) is 7.74 Å². The van der Waals surface area contributed by atoms with E-state index in [0.717, 1.165) is 0 Å². The molecule has 0 aliphatic heterocycles. The summed E-state index contributed by atoms with van der Waals surface area (Å²) in [7, 11) is 2.43. The van der Waals surface area contributed by atoms with Gasteiger partial charge in [-0.15, -0.1) is 24.8 Å². The largest absolute Gasteiger partial charge is 0.147 e. The van der Waals surface area contributed by atoms with Gasteiger partial charge in [0.1, 0.15) is 0 Å². The number of halogens is 2. The summed E-state index contributed by atoms with van der Waals surface area (Å²) in [6, 6.07) is 37.2. The smallest absolute Gasteiger partial charge is 0.147 e. The van der Waals surface area contributed by atoms with Crippen LogP contribution in [-0.4, -0.2) is 7.63 Å². The number of fused-ring (bicyclic) bond motifs is 2. The van der Waals surface area contributed by atoms with E-state index >= 15 is 0 Å². The Hall–Kier alpha value is -2.13. The molecule has 2 unspecified atom stereocenters. The number of hydrogen-bond acceptors (Lipinski definition) is 0. The molecule has 6 rings (SSSR count). The number of aryl methyl sites for hydroxylation is 2. The minimum Gasteiger partial charge on any atom is -0.147 e. The van der Waals surface area contributed by atoms with Gasteiger partial charge in [-0.25, -0.2) is 0 Å². The first-order valence-electron chi connectivity index (χ1n) is 13.0. The van der Waals surface area contributed by atoms with Crippen LogP contribution in [0.4, 0.5) is 0 Å². The molecule has 2 atom stereocenters. The molecule has 0 N–H and O–H groups in total. The van der Waals surface area contributed by atoms with Crippen LogP contribution in [-0.2, 0) is 14.0 Å². The third kappa shape index (κ3) is 3.82. The SMILES string of the molecule is CC1=Cc2c(C)cccc2[CH]1[Ti](=[SiH2])([c]1ccccc1)([c]1ccccc1)[CH]1C(C)=Cc2c(C)cccc21.Cl.Cl. The van der Waals surface area contributed by atoms with E-state index in [4.69, 9.17) is 0 Å². The molecule has 2 aliphatic rings. The van der Waals surface area contributed by atoms with Gasteiger partial charge in [0.2, 0.25) is 0 Å². The van der Waals surface area contributed by atoms with Crippen molar-refractivity contribution >= 4 is 52.3 Å². The van der Waals surface area contributed by atoms with Crippen LogP contribution in [0.25, 0.3) is 12.2 Å². The molecule has 0 nitrogen and oxygen atoms in total. The molecule has 0 heterocycles. The van der Waals surface area contributed by atoms with Gasteiger partial charge in [-0.3, -0.25) is 0 Å². The second kappa shape index (κ2) is 10.5. The average molecular weight is 592 g/mol. The number of hydrogen-bond donors (Lipinski definition) is 0. The van der Waals surface area contributed by atoms with Gasteiger partial charge >= 0.3 is 219 Å². The number of rotatable bonds is 4. The topological polar surface area (TPSA) is 0 Å². The Morgan fingerprint density at radius 2 is 0.868 bits per heavy atom. The van der Waals surface area contributed by atoms with Crippen molar-refractivity contribution < 1.29 is 14.0 Å². The molecular formula is C34H36Cl2SiTi. The zero-order valence-electron chi connectivity index (χ0n) is 22.6. The molecule has 0 radical (unpaired) electrons. The monoisotopic (exact) mass is 590 g/mol. The van der Waals surface area contributed by atoms with Gasteiger partial charge < -0.3 is 0 Å². The normalized spacial score (nSPS) is 17.9.